The van der Waals surface area contributed by atoms with E-state index in [2.05, 4.69) is 4.98 Å². The van der Waals surface area contributed by atoms with Crippen LogP contribution in [0.4, 0.5) is 0 Å². The first-order valence-electron chi connectivity index (χ1n) is 8.73. The average Bonchev–Trinajstić information content (AvgIpc) is 3.33. The molecular weight excluding hydrogens is 354 g/mol. The van der Waals surface area contributed by atoms with E-state index in [4.69, 9.17) is 4.74 Å². The molecule has 5 atom stereocenters. The first kappa shape index (κ1) is 15.7. The molecule has 2 saturated carbocycles. The van der Waals surface area contributed by atoms with Crippen molar-refractivity contribution in [1.29, 1.82) is 0 Å². The van der Waals surface area contributed by atoms with Crippen LogP contribution in [0, 0.1) is 17.8 Å². The van der Waals surface area contributed by atoms with Crippen molar-refractivity contribution in [2.24, 2.45) is 17.8 Å². The van der Waals surface area contributed by atoms with Gasteiger partial charge in [-0.05, 0) is 54.7 Å². The van der Waals surface area contributed by atoms with Crippen LogP contribution in [0.1, 0.15) is 46.0 Å². The number of carbonyl (C=O) groups excluding carboxylic acids is 1. The number of hydrogen-bond donors (Lipinski definition) is 1. The molecule has 0 unspecified atom stereocenters. The zero-order valence-electron chi connectivity index (χ0n) is 13.9. The molecule has 130 valence electrons. The van der Waals surface area contributed by atoms with Crippen LogP contribution in [0.5, 0.6) is 0 Å². The minimum absolute atomic E-state index is 0.0426. The number of H-pyrrole nitrogens is 1. The number of hydrogen-bond acceptors (Lipinski definition) is 5. The number of esters is 1. The molecule has 0 amide bonds. The fourth-order valence-corrected chi connectivity index (χ4v) is 8.06. The van der Waals surface area contributed by atoms with Crippen molar-refractivity contribution in [2.75, 3.05) is 7.11 Å². The maximum atomic E-state index is 12.0. The molecular formula is C19H19NO3S2. The molecule has 4 nitrogen and oxygen atoms in total. The summed E-state index contributed by atoms with van der Waals surface area (Å²) in [5, 5.41) is 1.69. The Hall–Kier alpha value is -1.53. The van der Waals surface area contributed by atoms with E-state index in [1.54, 1.807) is 0 Å². The zero-order valence-corrected chi connectivity index (χ0v) is 15.5. The highest BCUT2D eigenvalue weighted by molar-refractivity contribution is 8.00. The van der Waals surface area contributed by atoms with Crippen LogP contribution in [0.25, 0.3) is 0 Å². The number of aromatic nitrogens is 1. The van der Waals surface area contributed by atoms with Gasteiger partial charge >= 0.3 is 10.8 Å². The Bertz CT molecular complexity index is 885. The number of benzene rings is 1. The molecule has 1 N–H and O–H groups in total. The minimum Gasteiger partial charge on any atom is -0.465 e. The summed E-state index contributed by atoms with van der Waals surface area (Å²) in [7, 11) is 1.40. The van der Waals surface area contributed by atoms with Crippen molar-refractivity contribution in [3.05, 3.63) is 49.9 Å². The topological polar surface area (TPSA) is 59.2 Å². The van der Waals surface area contributed by atoms with Crippen molar-refractivity contribution in [3.63, 3.8) is 0 Å². The molecule has 2 heterocycles. The molecule has 1 aromatic carbocycles. The smallest absolute Gasteiger partial charge is 0.337 e. The van der Waals surface area contributed by atoms with Crippen molar-refractivity contribution in [2.45, 2.75) is 35.5 Å². The highest BCUT2D eigenvalue weighted by atomic mass is 32.2. The molecule has 2 aliphatic carbocycles. The maximum Gasteiger partial charge on any atom is 0.337 e. The third-order valence-electron chi connectivity index (χ3n) is 6.16. The standard InChI is InChI=1S/C19H19NO3S2/c1-23-18(21)10-4-2-9(3-5-10)13-14-11-6-7-12(8-11)15(14)24-17-16(13)25-19(22)20-17/h2-5,11-15H,6-8H2,1H3,(H,20,22)/t11-,12-,13-,14+,15-/m0/s1. The van der Waals surface area contributed by atoms with Gasteiger partial charge in [-0.1, -0.05) is 23.5 Å². The van der Waals surface area contributed by atoms with E-state index in [1.807, 2.05) is 36.0 Å². The van der Waals surface area contributed by atoms with Gasteiger partial charge in [-0.2, -0.15) is 0 Å². The molecule has 1 aromatic heterocycles. The SMILES string of the molecule is COC(=O)c1ccc([C@@H]2c3sc(=O)[nH]c3S[C@H]3[C@H]4CC[C@@H](C4)[C@H]23)cc1. The molecule has 3 aliphatic rings. The van der Waals surface area contributed by atoms with Crippen LogP contribution < -0.4 is 4.87 Å². The lowest BCUT2D eigenvalue weighted by molar-refractivity contribution is 0.0600. The molecule has 1 aliphatic heterocycles. The Morgan fingerprint density at radius 1 is 1.20 bits per heavy atom. The van der Waals surface area contributed by atoms with E-state index in [9.17, 15) is 9.59 Å². The molecule has 2 aromatic rings. The number of nitrogens with one attached hydrogen (secondary N) is 1. The number of thiazole rings is 1. The fraction of sp³-hybridized carbons (Fsp3) is 0.474. The van der Waals surface area contributed by atoms with E-state index in [-0.39, 0.29) is 16.8 Å². The lowest BCUT2D eigenvalue weighted by atomic mass is 9.75. The predicted molar refractivity (Wildman–Crippen MR) is 98.5 cm³/mol. The van der Waals surface area contributed by atoms with Gasteiger partial charge in [-0.15, -0.1) is 11.8 Å². The van der Waals surface area contributed by atoms with Crippen LogP contribution in [-0.2, 0) is 4.74 Å². The lowest BCUT2D eigenvalue weighted by Gasteiger charge is -2.40. The normalized spacial score (nSPS) is 32.3. The van der Waals surface area contributed by atoms with E-state index >= 15 is 0 Å². The molecule has 0 radical (unpaired) electrons. The molecule has 0 spiro atoms. The monoisotopic (exact) mass is 373 g/mol. The lowest BCUT2D eigenvalue weighted by Crippen LogP contribution is -2.33. The average molecular weight is 373 g/mol. The molecule has 5 rings (SSSR count). The Labute approximate surface area is 154 Å². The van der Waals surface area contributed by atoms with Crippen LogP contribution in [-0.4, -0.2) is 23.3 Å². The molecule has 0 saturated heterocycles. The Kier molecular flexibility index (Phi) is 3.61. The minimum atomic E-state index is -0.310. The van der Waals surface area contributed by atoms with Gasteiger partial charge in [-0.25, -0.2) is 4.79 Å². The summed E-state index contributed by atoms with van der Waals surface area (Å²) in [5.74, 6) is 2.11. The number of fused-ring (bicyclic) bond motifs is 6. The van der Waals surface area contributed by atoms with Crippen molar-refractivity contribution >= 4 is 29.1 Å². The second-order valence-electron chi connectivity index (χ2n) is 7.29. The number of methoxy groups -OCH3 is 1. The number of thioether (sulfide) groups is 1. The molecule has 2 fully saturated rings. The fourth-order valence-electron chi connectivity index (χ4n) is 5.17. The van der Waals surface area contributed by atoms with E-state index in [0.29, 0.717) is 16.7 Å². The molecule has 25 heavy (non-hydrogen) atoms. The third-order valence-corrected chi connectivity index (χ3v) is 8.78. The Morgan fingerprint density at radius 2 is 1.96 bits per heavy atom. The number of ether oxygens (including phenoxy) is 1. The van der Waals surface area contributed by atoms with Gasteiger partial charge in [-0.3, -0.25) is 4.79 Å². The highest BCUT2D eigenvalue weighted by Gasteiger charge is 2.54. The number of carbonyl (C=O) groups is 1. The quantitative estimate of drug-likeness (QED) is 0.812. The van der Waals surface area contributed by atoms with E-state index < -0.39 is 0 Å². The Morgan fingerprint density at radius 3 is 2.72 bits per heavy atom. The summed E-state index contributed by atoms with van der Waals surface area (Å²) in [4.78, 5) is 28.0. The van der Waals surface area contributed by atoms with Gasteiger partial charge < -0.3 is 9.72 Å². The van der Waals surface area contributed by atoms with Crippen molar-refractivity contribution in [1.82, 2.24) is 4.98 Å². The highest BCUT2D eigenvalue weighted by Crippen LogP contribution is 2.63. The Balaban J connectivity index is 1.60. The first-order valence-corrected chi connectivity index (χ1v) is 10.4. The van der Waals surface area contributed by atoms with E-state index in [0.717, 1.165) is 16.9 Å². The summed E-state index contributed by atoms with van der Waals surface area (Å²) in [6, 6.07) is 7.79. The first-order chi connectivity index (χ1) is 12.2. The largest absolute Gasteiger partial charge is 0.465 e. The molecule has 2 bridgehead atoms. The predicted octanol–water partition coefficient (Wildman–Crippen LogP) is 3.88. The van der Waals surface area contributed by atoms with Gasteiger partial charge in [0.05, 0.1) is 17.7 Å². The number of rotatable bonds is 2. The van der Waals surface area contributed by atoms with Crippen molar-refractivity contribution < 1.29 is 9.53 Å². The van der Waals surface area contributed by atoms with Gasteiger partial charge in [0, 0.05) is 16.0 Å². The van der Waals surface area contributed by atoms with Crippen LogP contribution in [0.2, 0.25) is 0 Å². The maximum absolute atomic E-state index is 12.0. The van der Waals surface area contributed by atoms with Gasteiger partial charge in [0.2, 0.25) is 0 Å². The third kappa shape index (κ3) is 2.34. The zero-order chi connectivity index (χ0) is 17.1. The van der Waals surface area contributed by atoms with Gasteiger partial charge in [0.15, 0.2) is 0 Å². The summed E-state index contributed by atoms with van der Waals surface area (Å²) >= 11 is 3.26. The summed E-state index contributed by atoms with van der Waals surface area (Å²) in [6.07, 6.45) is 3.98. The second-order valence-corrected chi connectivity index (χ2v) is 9.50. The van der Waals surface area contributed by atoms with Gasteiger partial charge in [0.1, 0.15) is 0 Å². The molecule has 6 heteroatoms. The van der Waals surface area contributed by atoms with Crippen LogP contribution in [0.3, 0.4) is 0 Å². The second kappa shape index (κ2) is 5.74. The summed E-state index contributed by atoms with van der Waals surface area (Å²) in [6.45, 7) is 0. The number of aromatic amines is 1. The summed E-state index contributed by atoms with van der Waals surface area (Å²) in [5.41, 5.74) is 1.79. The van der Waals surface area contributed by atoms with Gasteiger partial charge in [0.25, 0.3) is 0 Å². The summed E-state index contributed by atoms with van der Waals surface area (Å²) < 4.78 is 4.80. The van der Waals surface area contributed by atoms with Crippen LogP contribution >= 0.6 is 23.1 Å². The van der Waals surface area contributed by atoms with E-state index in [1.165, 1.54) is 48.1 Å². The van der Waals surface area contributed by atoms with Crippen LogP contribution in [0.15, 0.2) is 34.1 Å². The van der Waals surface area contributed by atoms with Crippen molar-refractivity contribution in [3.8, 4) is 0 Å².